The molecule has 0 unspecified atom stereocenters. The van der Waals surface area contributed by atoms with Crippen LogP contribution in [-0.4, -0.2) is 34.8 Å². The van der Waals surface area contributed by atoms with Gasteiger partial charge in [0.2, 0.25) is 0 Å². The number of nitrogens with zero attached hydrogens (tertiary/aromatic N) is 3. The van der Waals surface area contributed by atoms with E-state index in [0.29, 0.717) is 18.1 Å². The standard InChI is InChI=1S/C28H33N3O4/c1-19-15-23(33-18-22-7-5-21(17-29)6-8-22)16-24-25(30-35-26(19)24)10-9-20-11-13-31(14-12-20)27(32)34-28(2,3)4/h5-8,15-16,20H,9-14,18H2,1-4H3. The van der Waals surface area contributed by atoms with E-state index in [1.807, 2.05) is 56.9 Å². The fourth-order valence-electron chi connectivity index (χ4n) is 4.40. The number of fused-ring (bicyclic) bond motifs is 1. The molecule has 1 aliphatic heterocycles. The maximum absolute atomic E-state index is 12.3. The highest BCUT2D eigenvalue weighted by Crippen LogP contribution is 2.31. The number of ether oxygens (including phenoxy) is 2. The predicted octanol–water partition coefficient (Wildman–Crippen LogP) is 6.17. The summed E-state index contributed by atoms with van der Waals surface area (Å²) in [5, 5.41) is 14.3. The maximum atomic E-state index is 12.3. The first kappa shape index (κ1) is 24.6. The molecule has 0 radical (unpaired) electrons. The van der Waals surface area contributed by atoms with Crippen molar-refractivity contribution >= 4 is 17.1 Å². The summed E-state index contributed by atoms with van der Waals surface area (Å²) in [7, 11) is 0. The molecule has 1 saturated heterocycles. The molecule has 0 aliphatic carbocycles. The minimum absolute atomic E-state index is 0.220. The Hall–Kier alpha value is -3.53. The SMILES string of the molecule is Cc1cc(OCc2ccc(C#N)cc2)cc2c(CCC3CCN(C(=O)OC(C)(C)C)CC3)noc12. The molecule has 0 spiro atoms. The second kappa shape index (κ2) is 10.4. The minimum Gasteiger partial charge on any atom is -0.489 e. The second-order valence-corrected chi connectivity index (χ2v) is 10.3. The van der Waals surface area contributed by atoms with Crippen molar-refractivity contribution in [2.75, 3.05) is 13.1 Å². The highest BCUT2D eigenvalue weighted by molar-refractivity contribution is 5.84. The number of likely N-dealkylation sites (tertiary alicyclic amines) is 1. The Balaban J connectivity index is 1.34. The van der Waals surface area contributed by atoms with Gasteiger partial charge in [0, 0.05) is 18.5 Å². The van der Waals surface area contributed by atoms with E-state index in [0.717, 1.165) is 72.3 Å². The number of hydrogen-bond acceptors (Lipinski definition) is 6. The topological polar surface area (TPSA) is 88.6 Å². The van der Waals surface area contributed by atoms with Gasteiger partial charge in [0.25, 0.3) is 0 Å². The van der Waals surface area contributed by atoms with Gasteiger partial charge in [-0.3, -0.25) is 0 Å². The van der Waals surface area contributed by atoms with Gasteiger partial charge in [-0.2, -0.15) is 5.26 Å². The zero-order valence-electron chi connectivity index (χ0n) is 21.0. The van der Waals surface area contributed by atoms with Crippen molar-refractivity contribution in [3.63, 3.8) is 0 Å². The Kier molecular flexibility index (Phi) is 7.30. The fraction of sp³-hybridized carbons (Fsp3) is 0.464. The van der Waals surface area contributed by atoms with E-state index in [2.05, 4.69) is 11.2 Å². The quantitative estimate of drug-likeness (QED) is 0.424. The summed E-state index contributed by atoms with van der Waals surface area (Å²) in [6.07, 6.45) is 3.53. The van der Waals surface area contributed by atoms with Crippen molar-refractivity contribution in [3.8, 4) is 11.8 Å². The van der Waals surface area contributed by atoms with Gasteiger partial charge >= 0.3 is 6.09 Å². The van der Waals surface area contributed by atoms with Crippen LogP contribution < -0.4 is 4.74 Å². The van der Waals surface area contributed by atoms with Crippen molar-refractivity contribution in [3.05, 3.63) is 58.8 Å². The predicted molar refractivity (Wildman–Crippen MR) is 133 cm³/mol. The fourth-order valence-corrected chi connectivity index (χ4v) is 4.40. The minimum atomic E-state index is -0.468. The van der Waals surface area contributed by atoms with Crippen LogP contribution in [0.25, 0.3) is 11.0 Å². The maximum Gasteiger partial charge on any atom is 0.410 e. The molecule has 0 N–H and O–H groups in total. The number of nitriles is 1. The zero-order valence-corrected chi connectivity index (χ0v) is 21.0. The van der Waals surface area contributed by atoms with Crippen molar-refractivity contribution < 1.29 is 18.8 Å². The molecule has 184 valence electrons. The van der Waals surface area contributed by atoms with Crippen LogP contribution in [-0.2, 0) is 17.8 Å². The molecule has 2 aromatic carbocycles. The van der Waals surface area contributed by atoms with E-state index in [1.165, 1.54) is 0 Å². The van der Waals surface area contributed by atoms with Crippen LogP contribution in [0.5, 0.6) is 5.75 Å². The number of benzene rings is 2. The van der Waals surface area contributed by atoms with E-state index < -0.39 is 5.60 Å². The number of aryl methyl sites for hydroxylation is 2. The summed E-state index contributed by atoms with van der Waals surface area (Å²) < 4.78 is 17.2. The molecule has 2 heterocycles. The van der Waals surface area contributed by atoms with E-state index in [1.54, 1.807) is 12.1 Å². The normalized spacial score (nSPS) is 14.7. The van der Waals surface area contributed by atoms with Crippen LogP contribution in [0.1, 0.15) is 62.4 Å². The van der Waals surface area contributed by atoms with Crippen molar-refractivity contribution in [2.24, 2.45) is 5.92 Å². The number of hydrogen-bond donors (Lipinski definition) is 0. The number of rotatable bonds is 6. The van der Waals surface area contributed by atoms with E-state index >= 15 is 0 Å². The molecule has 1 aliphatic rings. The lowest BCUT2D eigenvalue weighted by molar-refractivity contribution is 0.0181. The van der Waals surface area contributed by atoms with Gasteiger partial charge in [-0.1, -0.05) is 17.3 Å². The van der Waals surface area contributed by atoms with Crippen LogP contribution >= 0.6 is 0 Å². The van der Waals surface area contributed by atoms with Gasteiger partial charge in [-0.25, -0.2) is 4.79 Å². The Labute approximate surface area is 206 Å². The number of aromatic nitrogens is 1. The van der Waals surface area contributed by atoms with Gasteiger partial charge < -0.3 is 18.9 Å². The summed E-state index contributed by atoms with van der Waals surface area (Å²) in [6, 6.07) is 13.5. The summed E-state index contributed by atoms with van der Waals surface area (Å²) in [6.45, 7) is 9.56. The summed E-state index contributed by atoms with van der Waals surface area (Å²) in [5.74, 6) is 1.31. The van der Waals surface area contributed by atoms with Crippen molar-refractivity contribution in [1.82, 2.24) is 10.1 Å². The van der Waals surface area contributed by atoms with Gasteiger partial charge in [0.05, 0.1) is 17.3 Å². The van der Waals surface area contributed by atoms with Crippen LogP contribution in [0.4, 0.5) is 4.79 Å². The van der Waals surface area contributed by atoms with Crippen LogP contribution in [0, 0.1) is 24.2 Å². The van der Waals surface area contributed by atoms with Gasteiger partial charge in [-0.05, 0) is 94.7 Å². The molecule has 7 heteroatoms. The first-order chi connectivity index (χ1) is 16.7. The largest absolute Gasteiger partial charge is 0.489 e. The highest BCUT2D eigenvalue weighted by Gasteiger charge is 2.27. The number of amides is 1. The van der Waals surface area contributed by atoms with Gasteiger partial charge in [0.1, 0.15) is 18.0 Å². The highest BCUT2D eigenvalue weighted by atomic mass is 16.6. The first-order valence-electron chi connectivity index (χ1n) is 12.2. The van der Waals surface area contributed by atoms with Gasteiger partial charge in [-0.15, -0.1) is 0 Å². The molecule has 7 nitrogen and oxygen atoms in total. The molecule has 0 bridgehead atoms. The molecular formula is C28H33N3O4. The monoisotopic (exact) mass is 475 g/mol. The average Bonchev–Trinajstić information content (AvgIpc) is 3.24. The summed E-state index contributed by atoms with van der Waals surface area (Å²) in [4.78, 5) is 14.1. The molecular weight excluding hydrogens is 442 g/mol. The third-order valence-electron chi connectivity index (χ3n) is 6.35. The van der Waals surface area contributed by atoms with Crippen LogP contribution in [0.3, 0.4) is 0 Å². The van der Waals surface area contributed by atoms with Gasteiger partial charge in [0.15, 0.2) is 5.58 Å². The number of piperidine rings is 1. The van der Waals surface area contributed by atoms with E-state index in [4.69, 9.17) is 19.3 Å². The molecule has 3 aromatic rings. The molecule has 1 amide bonds. The van der Waals surface area contributed by atoms with E-state index in [-0.39, 0.29) is 6.09 Å². The first-order valence-corrected chi connectivity index (χ1v) is 12.2. The lowest BCUT2D eigenvalue weighted by atomic mass is 9.91. The van der Waals surface area contributed by atoms with Crippen molar-refractivity contribution in [2.45, 2.75) is 65.6 Å². The Morgan fingerprint density at radius 3 is 2.57 bits per heavy atom. The molecule has 0 saturated carbocycles. The summed E-state index contributed by atoms with van der Waals surface area (Å²) in [5.41, 5.74) is 3.90. The average molecular weight is 476 g/mol. The lowest BCUT2D eigenvalue weighted by Gasteiger charge is -2.33. The third kappa shape index (κ3) is 6.33. The van der Waals surface area contributed by atoms with Crippen LogP contribution in [0.15, 0.2) is 40.9 Å². The lowest BCUT2D eigenvalue weighted by Crippen LogP contribution is -2.41. The zero-order chi connectivity index (χ0) is 25.0. The number of carbonyl (C=O) groups is 1. The third-order valence-corrected chi connectivity index (χ3v) is 6.35. The summed E-state index contributed by atoms with van der Waals surface area (Å²) >= 11 is 0. The molecule has 0 atom stereocenters. The number of carbonyl (C=O) groups excluding carboxylic acids is 1. The Bertz CT molecular complexity index is 1210. The van der Waals surface area contributed by atoms with E-state index in [9.17, 15) is 4.79 Å². The molecule has 4 rings (SSSR count). The molecule has 1 fully saturated rings. The second-order valence-electron chi connectivity index (χ2n) is 10.3. The smallest absolute Gasteiger partial charge is 0.410 e. The molecule has 35 heavy (non-hydrogen) atoms. The van der Waals surface area contributed by atoms with Crippen molar-refractivity contribution in [1.29, 1.82) is 5.26 Å². The Morgan fingerprint density at radius 1 is 1.20 bits per heavy atom. The van der Waals surface area contributed by atoms with Crippen LogP contribution in [0.2, 0.25) is 0 Å². The Morgan fingerprint density at radius 2 is 1.91 bits per heavy atom. The molecule has 1 aromatic heterocycles.